The van der Waals surface area contributed by atoms with E-state index in [9.17, 15) is 9.59 Å². The van der Waals surface area contributed by atoms with Gasteiger partial charge >= 0.3 is 5.97 Å². The van der Waals surface area contributed by atoms with Crippen LogP contribution in [0.25, 0.3) is 0 Å². The van der Waals surface area contributed by atoms with E-state index in [1.165, 1.54) is 25.3 Å². The second-order valence-corrected chi connectivity index (χ2v) is 6.07. The fourth-order valence-corrected chi connectivity index (χ4v) is 2.54. The van der Waals surface area contributed by atoms with Gasteiger partial charge in [0.2, 0.25) is 11.8 Å². The molecule has 1 N–H and O–H groups in total. The molecule has 1 aromatic carbocycles. The van der Waals surface area contributed by atoms with Gasteiger partial charge in [0.05, 0.1) is 29.1 Å². The molecule has 0 aliphatic rings. The topological polar surface area (TPSA) is 94.3 Å². The summed E-state index contributed by atoms with van der Waals surface area (Å²) in [6, 6.07) is 4.50. The number of hydrogen-bond donors (Lipinski definition) is 1. The van der Waals surface area contributed by atoms with Crippen molar-refractivity contribution < 1.29 is 18.7 Å². The van der Waals surface area contributed by atoms with Crippen molar-refractivity contribution in [3.05, 3.63) is 34.7 Å². The fraction of sp³-hybridized carbons (Fsp3) is 0.333. The molecule has 9 heteroatoms. The highest BCUT2D eigenvalue weighted by atomic mass is 35.5. The lowest BCUT2D eigenvalue weighted by molar-refractivity contribution is -0.113. The van der Waals surface area contributed by atoms with Gasteiger partial charge in [0.15, 0.2) is 0 Å². The quantitative estimate of drug-likeness (QED) is 0.591. The first-order chi connectivity index (χ1) is 11.5. The van der Waals surface area contributed by atoms with Gasteiger partial charge in [-0.2, -0.15) is 0 Å². The Hall–Kier alpha value is -2.06. The summed E-state index contributed by atoms with van der Waals surface area (Å²) in [5.74, 6) is -0.189. The molecule has 128 valence electrons. The van der Waals surface area contributed by atoms with Gasteiger partial charge in [-0.1, -0.05) is 30.3 Å². The van der Waals surface area contributed by atoms with Crippen molar-refractivity contribution in [3.8, 4) is 0 Å². The van der Waals surface area contributed by atoms with E-state index in [0.29, 0.717) is 33.8 Å². The summed E-state index contributed by atoms with van der Waals surface area (Å²) in [4.78, 5) is 23.5. The molecule has 0 spiro atoms. The lowest BCUT2D eigenvalue weighted by Gasteiger charge is -2.08. The van der Waals surface area contributed by atoms with Crippen molar-refractivity contribution in [2.45, 2.75) is 25.0 Å². The van der Waals surface area contributed by atoms with Crippen LogP contribution in [-0.2, 0) is 16.0 Å². The number of aromatic nitrogens is 2. The summed E-state index contributed by atoms with van der Waals surface area (Å²) in [6.45, 7) is 2.01. The van der Waals surface area contributed by atoms with Crippen molar-refractivity contribution in [2.75, 3.05) is 18.2 Å². The zero-order chi connectivity index (χ0) is 17.5. The average molecular weight is 370 g/mol. The van der Waals surface area contributed by atoms with Crippen LogP contribution in [0.4, 0.5) is 5.69 Å². The first-order valence-electron chi connectivity index (χ1n) is 7.16. The number of esters is 1. The highest BCUT2D eigenvalue weighted by molar-refractivity contribution is 7.99. The van der Waals surface area contributed by atoms with Crippen molar-refractivity contribution in [3.63, 3.8) is 0 Å². The molecule has 0 saturated heterocycles. The number of amides is 1. The highest BCUT2D eigenvalue weighted by Gasteiger charge is 2.13. The van der Waals surface area contributed by atoms with Gasteiger partial charge in [-0.3, -0.25) is 4.79 Å². The Bertz CT molecular complexity index is 735. The normalized spacial score (nSPS) is 10.5. The van der Waals surface area contributed by atoms with Crippen LogP contribution >= 0.6 is 23.4 Å². The molecule has 0 fully saturated rings. The predicted octanol–water partition coefficient (Wildman–Crippen LogP) is 3.19. The number of carbonyl (C=O) groups excluding carboxylic acids is 2. The van der Waals surface area contributed by atoms with E-state index in [4.69, 9.17) is 16.0 Å². The summed E-state index contributed by atoms with van der Waals surface area (Å²) in [7, 11) is 1.28. The van der Waals surface area contributed by atoms with Gasteiger partial charge < -0.3 is 14.5 Å². The molecule has 0 aliphatic carbocycles. The Morgan fingerprint density at radius 1 is 1.38 bits per heavy atom. The molecule has 1 amide bonds. The van der Waals surface area contributed by atoms with E-state index < -0.39 is 5.97 Å². The SMILES string of the molecule is CCCc1nnc(SCC(=O)Nc2cc(C(=O)OC)ccc2Cl)o1. The van der Waals surface area contributed by atoms with E-state index in [-0.39, 0.29) is 11.7 Å². The third-order valence-corrected chi connectivity index (χ3v) is 4.05. The molecule has 0 unspecified atom stereocenters. The third kappa shape index (κ3) is 4.97. The third-order valence-electron chi connectivity index (χ3n) is 2.90. The molecule has 0 aliphatic heterocycles. The van der Waals surface area contributed by atoms with Crippen LogP contribution in [0, 0.1) is 0 Å². The van der Waals surface area contributed by atoms with Gasteiger partial charge in [0.1, 0.15) is 0 Å². The number of methoxy groups -OCH3 is 1. The molecule has 0 atom stereocenters. The van der Waals surface area contributed by atoms with Crippen molar-refractivity contribution in [2.24, 2.45) is 0 Å². The summed E-state index contributed by atoms with van der Waals surface area (Å²) in [6.07, 6.45) is 1.61. The van der Waals surface area contributed by atoms with Crippen LogP contribution in [0.15, 0.2) is 27.8 Å². The zero-order valence-corrected chi connectivity index (χ0v) is 14.7. The fourth-order valence-electron chi connectivity index (χ4n) is 1.79. The van der Waals surface area contributed by atoms with Gasteiger partial charge in [0, 0.05) is 6.42 Å². The number of benzene rings is 1. The van der Waals surface area contributed by atoms with Crippen LogP contribution in [0.3, 0.4) is 0 Å². The maximum Gasteiger partial charge on any atom is 0.337 e. The Balaban J connectivity index is 1.95. The monoisotopic (exact) mass is 369 g/mol. The van der Waals surface area contributed by atoms with E-state index in [1.807, 2.05) is 6.92 Å². The highest BCUT2D eigenvalue weighted by Crippen LogP contribution is 2.24. The molecule has 2 aromatic rings. The number of anilines is 1. The van der Waals surface area contributed by atoms with Crippen LogP contribution in [0.5, 0.6) is 0 Å². The molecule has 0 saturated carbocycles. The summed E-state index contributed by atoms with van der Waals surface area (Å²) >= 11 is 7.16. The average Bonchev–Trinajstić information content (AvgIpc) is 3.02. The van der Waals surface area contributed by atoms with Crippen LogP contribution in [0.2, 0.25) is 5.02 Å². The Morgan fingerprint density at radius 2 is 2.17 bits per heavy atom. The largest absolute Gasteiger partial charge is 0.465 e. The maximum absolute atomic E-state index is 12.0. The Morgan fingerprint density at radius 3 is 2.88 bits per heavy atom. The molecular formula is C15H16ClN3O4S. The Labute approximate surface area is 148 Å². The second-order valence-electron chi connectivity index (χ2n) is 4.73. The summed E-state index contributed by atoms with van der Waals surface area (Å²) in [5, 5.41) is 11.0. The minimum Gasteiger partial charge on any atom is -0.465 e. The minimum absolute atomic E-state index is 0.0759. The number of nitrogens with one attached hydrogen (secondary N) is 1. The van der Waals surface area contributed by atoms with E-state index in [2.05, 4.69) is 20.3 Å². The molecule has 0 bridgehead atoms. The number of rotatable bonds is 7. The standard InChI is InChI=1S/C15H16ClN3O4S/c1-3-4-13-18-19-15(23-13)24-8-12(20)17-11-7-9(14(21)22-2)5-6-10(11)16/h5-7H,3-4,8H2,1-2H3,(H,17,20). The molecule has 0 radical (unpaired) electrons. The molecule has 7 nitrogen and oxygen atoms in total. The molecule has 1 aromatic heterocycles. The van der Waals surface area contributed by atoms with Gasteiger partial charge in [-0.05, 0) is 24.6 Å². The van der Waals surface area contributed by atoms with Crippen molar-refractivity contribution in [1.29, 1.82) is 0 Å². The van der Waals surface area contributed by atoms with E-state index in [0.717, 1.165) is 18.2 Å². The summed E-state index contributed by atoms with van der Waals surface area (Å²) in [5.41, 5.74) is 0.633. The van der Waals surface area contributed by atoms with Crippen LogP contribution in [0.1, 0.15) is 29.6 Å². The number of nitrogens with zero attached hydrogens (tertiary/aromatic N) is 2. The second kappa shape index (κ2) is 8.70. The number of hydrogen-bond acceptors (Lipinski definition) is 7. The first-order valence-corrected chi connectivity index (χ1v) is 8.52. The first kappa shape index (κ1) is 18.3. The molecule has 24 heavy (non-hydrogen) atoms. The predicted molar refractivity (Wildman–Crippen MR) is 90.4 cm³/mol. The molecule has 2 rings (SSSR count). The number of thioether (sulfide) groups is 1. The minimum atomic E-state index is -0.508. The molecule has 1 heterocycles. The number of ether oxygens (including phenoxy) is 1. The van der Waals surface area contributed by atoms with Crippen molar-refractivity contribution in [1.82, 2.24) is 10.2 Å². The van der Waals surface area contributed by atoms with Crippen LogP contribution in [-0.4, -0.2) is 34.9 Å². The van der Waals surface area contributed by atoms with E-state index in [1.54, 1.807) is 0 Å². The number of carbonyl (C=O) groups is 2. The zero-order valence-electron chi connectivity index (χ0n) is 13.2. The lowest BCUT2D eigenvalue weighted by atomic mass is 10.2. The maximum atomic E-state index is 12.0. The van der Waals surface area contributed by atoms with Gasteiger partial charge in [-0.25, -0.2) is 4.79 Å². The lowest BCUT2D eigenvalue weighted by Crippen LogP contribution is -2.15. The molecular weight excluding hydrogens is 354 g/mol. The van der Waals surface area contributed by atoms with Gasteiger partial charge in [-0.15, -0.1) is 10.2 Å². The summed E-state index contributed by atoms with van der Waals surface area (Å²) < 4.78 is 10.0. The van der Waals surface area contributed by atoms with Crippen LogP contribution < -0.4 is 5.32 Å². The number of aryl methyl sites for hydroxylation is 1. The number of halogens is 1. The Kier molecular flexibility index (Phi) is 6.62. The van der Waals surface area contributed by atoms with Crippen molar-refractivity contribution >= 4 is 40.9 Å². The smallest absolute Gasteiger partial charge is 0.337 e. The van der Waals surface area contributed by atoms with E-state index >= 15 is 0 Å². The van der Waals surface area contributed by atoms with Gasteiger partial charge in [0.25, 0.3) is 5.22 Å².